The fraction of sp³-hybridized carbons (Fsp3) is 0.278. The van der Waals surface area contributed by atoms with Crippen LogP contribution < -0.4 is 10.6 Å². The summed E-state index contributed by atoms with van der Waals surface area (Å²) in [6, 6.07) is 5.63. The minimum atomic E-state index is -4.51. The van der Waals surface area contributed by atoms with Gasteiger partial charge in [0.15, 0.2) is 0 Å². The first-order valence-electron chi connectivity index (χ1n) is 8.03. The SMILES string of the molecule is CN(C)CCNC(=O)c1cncc(C(=O)Nc2cccc(C(F)(F)F)c2)c1. The largest absolute Gasteiger partial charge is 0.416 e. The van der Waals surface area contributed by atoms with Gasteiger partial charge >= 0.3 is 6.18 Å². The van der Waals surface area contributed by atoms with Crippen molar-refractivity contribution in [2.75, 3.05) is 32.5 Å². The number of pyridine rings is 1. The predicted octanol–water partition coefficient (Wildman–Crippen LogP) is 2.64. The summed E-state index contributed by atoms with van der Waals surface area (Å²) in [5.74, 6) is -1.05. The van der Waals surface area contributed by atoms with Gasteiger partial charge in [0.25, 0.3) is 11.8 Å². The molecular formula is C18H19F3N4O2. The fourth-order valence-corrected chi connectivity index (χ4v) is 2.16. The molecular weight excluding hydrogens is 361 g/mol. The molecule has 144 valence electrons. The second-order valence-electron chi connectivity index (χ2n) is 6.05. The van der Waals surface area contributed by atoms with Crippen molar-refractivity contribution < 1.29 is 22.8 Å². The summed E-state index contributed by atoms with van der Waals surface area (Å²) >= 11 is 0. The van der Waals surface area contributed by atoms with Crippen molar-refractivity contribution >= 4 is 17.5 Å². The Morgan fingerprint density at radius 2 is 1.74 bits per heavy atom. The molecule has 0 aliphatic carbocycles. The highest BCUT2D eigenvalue weighted by molar-refractivity contribution is 6.05. The van der Waals surface area contributed by atoms with Gasteiger partial charge in [-0.3, -0.25) is 14.6 Å². The second kappa shape index (κ2) is 8.63. The van der Waals surface area contributed by atoms with Crippen LogP contribution in [0.15, 0.2) is 42.7 Å². The van der Waals surface area contributed by atoms with E-state index in [1.165, 1.54) is 30.6 Å². The zero-order chi connectivity index (χ0) is 20.0. The maximum atomic E-state index is 12.8. The van der Waals surface area contributed by atoms with E-state index in [-0.39, 0.29) is 16.8 Å². The quantitative estimate of drug-likeness (QED) is 0.808. The number of amides is 2. The van der Waals surface area contributed by atoms with Crippen LogP contribution in [0, 0.1) is 0 Å². The Kier molecular flexibility index (Phi) is 6.51. The highest BCUT2D eigenvalue weighted by Crippen LogP contribution is 2.30. The van der Waals surface area contributed by atoms with E-state index in [9.17, 15) is 22.8 Å². The minimum Gasteiger partial charge on any atom is -0.351 e. The number of carbonyl (C=O) groups excluding carboxylic acids is 2. The number of aromatic nitrogens is 1. The second-order valence-corrected chi connectivity index (χ2v) is 6.05. The Balaban J connectivity index is 2.08. The number of hydrogen-bond acceptors (Lipinski definition) is 4. The van der Waals surface area contributed by atoms with Crippen LogP contribution in [-0.2, 0) is 6.18 Å². The number of halogens is 3. The summed E-state index contributed by atoms with van der Waals surface area (Å²) in [6.07, 6.45) is -1.96. The van der Waals surface area contributed by atoms with Crippen molar-refractivity contribution in [2.24, 2.45) is 0 Å². The normalized spacial score (nSPS) is 11.3. The topological polar surface area (TPSA) is 74.3 Å². The molecule has 1 heterocycles. The molecule has 27 heavy (non-hydrogen) atoms. The van der Waals surface area contributed by atoms with Crippen LogP contribution in [0.2, 0.25) is 0 Å². The van der Waals surface area contributed by atoms with Crippen molar-refractivity contribution in [3.05, 3.63) is 59.4 Å². The maximum absolute atomic E-state index is 12.8. The van der Waals surface area contributed by atoms with Crippen LogP contribution >= 0.6 is 0 Å². The van der Waals surface area contributed by atoms with Crippen molar-refractivity contribution in [3.8, 4) is 0 Å². The maximum Gasteiger partial charge on any atom is 0.416 e. The van der Waals surface area contributed by atoms with E-state index in [2.05, 4.69) is 15.6 Å². The molecule has 0 bridgehead atoms. The zero-order valence-corrected chi connectivity index (χ0v) is 14.8. The summed E-state index contributed by atoms with van der Waals surface area (Å²) < 4.78 is 38.3. The van der Waals surface area contributed by atoms with E-state index in [0.29, 0.717) is 13.1 Å². The van der Waals surface area contributed by atoms with Gasteiger partial charge in [-0.2, -0.15) is 13.2 Å². The molecule has 6 nitrogen and oxygen atoms in total. The molecule has 0 aliphatic rings. The van der Waals surface area contributed by atoms with Gasteiger partial charge in [-0.15, -0.1) is 0 Å². The van der Waals surface area contributed by atoms with Crippen LogP contribution in [0.25, 0.3) is 0 Å². The number of nitrogens with zero attached hydrogens (tertiary/aromatic N) is 2. The number of hydrogen-bond donors (Lipinski definition) is 2. The molecule has 9 heteroatoms. The third kappa shape index (κ3) is 6.07. The zero-order valence-electron chi connectivity index (χ0n) is 14.8. The monoisotopic (exact) mass is 380 g/mol. The Labute approximate surface area is 154 Å². The van der Waals surface area contributed by atoms with Gasteiger partial charge in [0.1, 0.15) is 0 Å². The molecule has 0 aliphatic heterocycles. The molecule has 0 atom stereocenters. The van der Waals surface area contributed by atoms with Crippen LogP contribution in [-0.4, -0.2) is 48.9 Å². The van der Waals surface area contributed by atoms with Crippen LogP contribution in [0.5, 0.6) is 0 Å². The summed E-state index contributed by atoms with van der Waals surface area (Å²) in [4.78, 5) is 30.1. The average Bonchev–Trinajstić information content (AvgIpc) is 2.61. The number of anilines is 1. The highest BCUT2D eigenvalue weighted by Gasteiger charge is 2.30. The van der Waals surface area contributed by atoms with Gasteiger partial charge in [-0.1, -0.05) is 6.07 Å². The minimum absolute atomic E-state index is 0.00402. The van der Waals surface area contributed by atoms with E-state index < -0.39 is 23.6 Å². The first kappa shape index (κ1) is 20.4. The molecule has 2 amide bonds. The van der Waals surface area contributed by atoms with Gasteiger partial charge < -0.3 is 15.5 Å². The van der Waals surface area contributed by atoms with Gasteiger partial charge in [0, 0.05) is 31.2 Å². The van der Waals surface area contributed by atoms with Crippen LogP contribution in [0.1, 0.15) is 26.3 Å². The third-order valence-corrected chi connectivity index (χ3v) is 3.55. The number of alkyl halides is 3. The average molecular weight is 380 g/mol. The van der Waals surface area contributed by atoms with Crippen molar-refractivity contribution in [1.82, 2.24) is 15.2 Å². The molecule has 2 aromatic rings. The van der Waals surface area contributed by atoms with Crippen molar-refractivity contribution in [1.29, 1.82) is 0 Å². The highest BCUT2D eigenvalue weighted by atomic mass is 19.4. The summed E-state index contributed by atoms with van der Waals surface area (Å²) in [6.45, 7) is 1.07. The Hall–Kier alpha value is -2.94. The van der Waals surface area contributed by atoms with E-state index in [1.54, 1.807) is 0 Å². The molecule has 2 rings (SSSR count). The Morgan fingerprint density at radius 3 is 2.37 bits per heavy atom. The summed E-state index contributed by atoms with van der Waals surface area (Å²) in [7, 11) is 3.74. The van der Waals surface area contributed by atoms with Crippen molar-refractivity contribution in [2.45, 2.75) is 6.18 Å². The summed E-state index contributed by atoms with van der Waals surface area (Å²) in [5, 5.41) is 5.07. The molecule has 0 fully saturated rings. The number of carbonyl (C=O) groups is 2. The molecule has 0 saturated carbocycles. The van der Waals surface area contributed by atoms with Gasteiger partial charge in [0.2, 0.25) is 0 Å². The number of nitrogens with one attached hydrogen (secondary N) is 2. The number of benzene rings is 1. The lowest BCUT2D eigenvalue weighted by molar-refractivity contribution is -0.137. The Morgan fingerprint density at radius 1 is 1.07 bits per heavy atom. The lowest BCUT2D eigenvalue weighted by Crippen LogP contribution is -2.31. The Bertz CT molecular complexity index is 822. The first-order valence-corrected chi connectivity index (χ1v) is 8.03. The molecule has 1 aromatic heterocycles. The lowest BCUT2D eigenvalue weighted by Gasteiger charge is -2.11. The first-order chi connectivity index (χ1) is 12.7. The summed E-state index contributed by atoms with van der Waals surface area (Å²) in [5.41, 5.74) is -0.624. The molecule has 1 aromatic carbocycles. The van der Waals surface area contributed by atoms with E-state index in [1.807, 2.05) is 19.0 Å². The molecule has 0 unspecified atom stereocenters. The van der Waals surface area contributed by atoms with E-state index >= 15 is 0 Å². The van der Waals surface area contributed by atoms with Gasteiger partial charge in [-0.25, -0.2) is 0 Å². The van der Waals surface area contributed by atoms with Crippen LogP contribution in [0.3, 0.4) is 0 Å². The lowest BCUT2D eigenvalue weighted by atomic mass is 10.1. The standard InChI is InChI=1S/C18H19F3N4O2/c1-25(2)7-6-23-16(26)12-8-13(11-22-10-12)17(27)24-15-5-3-4-14(9-15)18(19,20)21/h3-5,8-11H,6-7H2,1-2H3,(H,23,26)(H,24,27). The molecule has 0 radical (unpaired) electrons. The van der Waals surface area contributed by atoms with Gasteiger partial charge in [0.05, 0.1) is 16.7 Å². The smallest absolute Gasteiger partial charge is 0.351 e. The number of likely N-dealkylation sites (N-methyl/N-ethyl adjacent to an activating group) is 1. The van der Waals surface area contributed by atoms with Crippen molar-refractivity contribution in [3.63, 3.8) is 0 Å². The van der Waals surface area contributed by atoms with Gasteiger partial charge in [-0.05, 0) is 38.4 Å². The third-order valence-electron chi connectivity index (χ3n) is 3.55. The molecule has 2 N–H and O–H groups in total. The molecule has 0 spiro atoms. The van der Waals surface area contributed by atoms with Crippen LogP contribution in [0.4, 0.5) is 18.9 Å². The fourth-order valence-electron chi connectivity index (χ4n) is 2.16. The van der Waals surface area contributed by atoms with E-state index in [0.717, 1.165) is 12.1 Å². The van der Waals surface area contributed by atoms with E-state index in [4.69, 9.17) is 0 Å². The molecule has 0 saturated heterocycles. The predicted molar refractivity (Wildman–Crippen MR) is 94.5 cm³/mol. The number of rotatable bonds is 6.